The van der Waals surface area contributed by atoms with Gasteiger partial charge in [0.15, 0.2) is 0 Å². The Hall–Kier alpha value is -1.22. The Morgan fingerprint density at radius 3 is 2.43 bits per heavy atom. The molecule has 1 aliphatic rings. The Bertz CT molecular complexity index is 335. The minimum atomic E-state index is 0.191. The highest BCUT2D eigenvalue weighted by Gasteiger charge is 2.37. The van der Waals surface area contributed by atoms with Crippen LogP contribution in [0, 0.1) is 0 Å². The molecule has 2 unspecified atom stereocenters. The van der Waals surface area contributed by atoms with Crippen molar-refractivity contribution in [2.45, 2.75) is 19.1 Å². The highest BCUT2D eigenvalue weighted by molar-refractivity contribution is 5.43. The molecule has 1 fully saturated rings. The summed E-state index contributed by atoms with van der Waals surface area (Å²) in [6.45, 7) is 2.05. The van der Waals surface area contributed by atoms with E-state index in [2.05, 4.69) is 0 Å². The van der Waals surface area contributed by atoms with E-state index in [0.717, 1.165) is 17.1 Å². The van der Waals surface area contributed by atoms with Gasteiger partial charge in [0.2, 0.25) is 0 Å². The molecule has 0 radical (unpaired) electrons. The number of hydrogen-bond donors (Lipinski definition) is 0. The molecule has 0 saturated carbocycles. The van der Waals surface area contributed by atoms with Crippen molar-refractivity contribution in [2.75, 3.05) is 14.2 Å². The summed E-state index contributed by atoms with van der Waals surface area (Å²) >= 11 is 0. The molecule has 0 bridgehead atoms. The number of hydrogen-bond acceptors (Lipinski definition) is 3. The van der Waals surface area contributed by atoms with Gasteiger partial charge in [0.1, 0.15) is 17.6 Å². The Morgan fingerprint density at radius 2 is 1.93 bits per heavy atom. The Morgan fingerprint density at radius 1 is 1.21 bits per heavy atom. The third-order valence-electron chi connectivity index (χ3n) is 2.46. The molecule has 1 saturated heterocycles. The van der Waals surface area contributed by atoms with Crippen molar-refractivity contribution in [3.8, 4) is 11.5 Å². The molecule has 0 spiro atoms. The van der Waals surface area contributed by atoms with Gasteiger partial charge in [-0.3, -0.25) is 0 Å². The van der Waals surface area contributed by atoms with Gasteiger partial charge in [0.05, 0.1) is 20.3 Å². The SMILES string of the molecule is COc1ccc(C2OC2C)c(OC)c1. The molecule has 76 valence electrons. The van der Waals surface area contributed by atoms with Crippen molar-refractivity contribution < 1.29 is 14.2 Å². The molecule has 2 atom stereocenters. The van der Waals surface area contributed by atoms with Gasteiger partial charge < -0.3 is 14.2 Å². The molecular weight excluding hydrogens is 180 g/mol. The van der Waals surface area contributed by atoms with Crippen molar-refractivity contribution in [1.29, 1.82) is 0 Å². The number of benzene rings is 1. The van der Waals surface area contributed by atoms with Crippen LogP contribution in [0.15, 0.2) is 18.2 Å². The van der Waals surface area contributed by atoms with Crippen LogP contribution in [0.1, 0.15) is 18.6 Å². The molecule has 14 heavy (non-hydrogen) atoms. The molecular formula is C11H14O3. The van der Waals surface area contributed by atoms with E-state index in [1.807, 2.05) is 25.1 Å². The molecule has 1 aliphatic heterocycles. The van der Waals surface area contributed by atoms with Crippen LogP contribution in [0.3, 0.4) is 0 Å². The fraction of sp³-hybridized carbons (Fsp3) is 0.455. The summed E-state index contributed by atoms with van der Waals surface area (Å²) in [5, 5.41) is 0. The van der Waals surface area contributed by atoms with Crippen LogP contribution in [0.25, 0.3) is 0 Å². The monoisotopic (exact) mass is 194 g/mol. The first-order chi connectivity index (χ1) is 6.76. The van der Waals surface area contributed by atoms with E-state index in [-0.39, 0.29) is 6.10 Å². The average molecular weight is 194 g/mol. The van der Waals surface area contributed by atoms with E-state index < -0.39 is 0 Å². The smallest absolute Gasteiger partial charge is 0.128 e. The summed E-state index contributed by atoms with van der Waals surface area (Å²) in [7, 11) is 3.30. The van der Waals surface area contributed by atoms with Crippen molar-refractivity contribution in [1.82, 2.24) is 0 Å². The highest BCUT2D eigenvalue weighted by atomic mass is 16.6. The fourth-order valence-electron chi connectivity index (χ4n) is 1.57. The number of ether oxygens (including phenoxy) is 3. The van der Waals surface area contributed by atoms with Crippen molar-refractivity contribution in [3.05, 3.63) is 23.8 Å². The van der Waals surface area contributed by atoms with Crippen LogP contribution < -0.4 is 9.47 Å². The third-order valence-corrected chi connectivity index (χ3v) is 2.46. The minimum Gasteiger partial charge on any atom is -0.497 e. The maximum Gasteiger partial charge on any atom is 0.128 e. The van der Waals surface area contributed by atoms with Gasteiger partial charge in [0, 0.05) is 11.6 Å². The van der Waals surface area contributed by atoms with Gasteiger partial charge >= 0.3 is 0 Å². The van der Waals surface area contributed by atoms with Gasteiger partial charge in [-0.15, -0.1) is 0 Å². The lowest BCUT2D eigenvalue weighted by Crippen LogP contribution is -1.93. The van der Waals surface area contributed by atoms with Crippen LogP contribution in [0.5, 0.6) is 11.5 Å². The van der Waals surface area contributed by atoms with E-state index in [4.69, 9.17) is 14.2 Å². The van der Waals surface area contributed by atoms with Gasteiger partial charge in [-0.2, -0.15) is 0 Å². The first-order valence-electron chi connectivity index (χ1n) is 4.63. The van der Waals surface area contributed by atoms with Gasteiger partial charge in [-0.1, -0.05) is 0 Å². The predicted molar refractivity (Wildman–Crippen MR) is 52.8 cm³/mol. The fourth-order valence-corrected chi connectivity index (χ4v) is 1.57. The zero-order valence-corrected chi connectivity index (χ0v) is 8.61. The highest BCUT2D eigenvalue weighted by Crippen LogP contribution is 2.43. The van der Waals surface area contributed by atoms with Crippen molar-refractivity contribution in [3.63, 3.8) is 0 Å². The molecule has 3 heteroatoms. The standard InChI is InChI=1S/C11H14O3/c1-7-11(14-7)9-5-4-8(12-2)6-10(9)13-3/h4-7,11H,1-3H3. The Kier molecular flexibility index (Phi) is 2.33. The quantitative estimate of drug-likeness (QED) is 0.691. The second kappa shape index (κ2) is 3.50. The number of epoxide rings is 1. The molecule has 1 aromatic carbocycles. The van der Waals surface area contributed by atoms with E-state index in [1.54, 1.807) is 14.2 Å². The zero-order valence-electron chi connectivity index (χ0n) is 8.61. The molecule has 0 N–H and O–H groups in total. The predicted octanol–water partition coefficient (Wildman–Crippen LogP) is 2.16. The first kappa shape index (κ1) is 9.34. The lowest BCUT2D eigenvalue weighted by molar-refractivity contribution is 0.364. The molecule has 0 aromatic heterocycles. The molecule has 3 nitrogen and oxygen atoms in total. The van der Waals surface area contributed by atoms with Gasteiger partial charge in [-0.05, 0) is 19.1 Å². The normalized spacial score (nSPS) is 24.5. The average Bonchev–Trinajstić information content (AvgIpc) is 2.94. The molecule has 2 rings (SSSR count). The van der Waals surface area contributed by atoms with E-state index >= 15 is 0 Å². The molecule has 1 heterocycles. The molecule has 0 amide bonds. The van der Waals surface area contributed by atoms with Crippen LogP contribution >= 0.6 is 0 Å². The van der Waals surface area contributed by atoms with E-state index in [9.17, 15) is 0 Å². The topological polar surface area (TPSA) is 31.0 Å². The van der Waals surface area contributed by atoms with Crippen LogP contribution in [-0.2, 0) is 4.74 Å². The number of rotatable bonds is 3. The summed E-state index contributed by atoms with van der Waals surface area (Å²) in [6.07, 6.45) is 0.494. The molecule has 0 aliphatic carbocycles. The molecule has 1 aromatic rings. The summed E-state index contributed by atoms with van der Waals surface area (Å²) < 4.78 is 15.8. The van der Waals surface area contributed by atoms with Crippen LogP contribution in [-0.4, -0.2) is 20.3 Å². The maximum atomic E-state index is 5.40. The lowest BCUT2D eigenvalue weighted by Gasteiger charge is -2.08. The van der Waals surface area contributed by atoms with Crippen LogP contribution in [0.4, 0.5) is 0 Å². The second-order valence-corrected chi connectivity index (χ2v) is 3.37. The zero-order chi connectivity index (χ0) is 10.1. The Labute approximate surface area is 83.6 Å². The Balaban J connectivity index is 2.30. The second-order valence-electron chi connectivity index (χ2n) is 3.37. The minimum absolute atomic E-state index is 0.191. The first-order valence-corrected chi connectivity index (χ1v) is 4.63. The van der Waals surface area contributed by atoms with Gasteiger partial charge in [0.25, 0.3) is 0 Å². The largest absolute Gasteiger partial charge is 0.497 e. The van der Waals surface area contributed by atoms with Crippen molar-refractivity contribution >= 4 is 0 Å². The third kappa shape index (κ3) is 1.55. The van der Waals surface area contributed by atoms with Gasteiger partial charge in [-0.25, -0.2) is 0 Å². The van der Waals surface area contributed by atoms with Crippen molar-refractivity contribution in [2.24, 2.45) is 0 Å². The maximum absolute atomic E-state index is 5.40. The summed E-state index contributed by atoms with van der Waals surface area (Å²) in [4.78, 5) is 0. The van der Waals surface area contributed by atoms with E-state index in [0.29, 0.717) is 6.10 Å². The van der Waals surface area contributed by atoms with E-state index in [1.165, 1.54) is 0 Å². The summed E-state index contributed by atoms with van der Waals surface area (Å²) in [6, 6.07) is 5.79. The number of methoxy groups -OCH3 is 2. The summed E-state index contributed by atoms with van der Waals surface area (Å²) in [5.74, 6) is 1.64. The summed E-state index contributed by atoms with van der Waals surface area (Å²) in [5.41, 5.74) is 1.10. The lowest BCUT2D eigenvalue weighted by atomic mass is 10.1. The van der Waals surface area contributed by atoms with Crippen LogP contribution in [0.2, 0.25) is 0 Å².